The number of likely N-dealkylation sites (tertiary alicyclic amines) is 1. The molecule has 1 rings (SSSR count). The van der Waals surface area contributed by atoms with Gasteiger partial charge in [-0.25, -0.2) is 8.42 Å². The first-order valence-corrected chi connectivity index (χ1v) is 9.77. The van der Waals surface area contributed by atoms with Crippen molar-refractivity contribution in [2.24, 2.45) is 10.9 Å². The first-order valence-electron chi connectivity index (χ1n) is 7.71. The molecule has 0 spiro atoms. The summed E-state index contributed by atoms with van der Waals surface area (Å²) in [5.41, 5.74) is 0. The minimum Gasteiger partial charge on any atom is -0.356 e. The Labute approximate surface area is 152 Å². The number of halogens is 1. The molecule has 1 aliphatic rings. The van der Waals surface area contributed by atoms with Gasteiger partial charge in [0, 0.05) is 32.4 Å². The fourth-order valence-corrected chi connectivity index (χ4v) is 3.28. The number of sulfone groups is 1. The summed E-state index contributed by atoms with van der Waals surface area (Å²) in [5, 5.41) is 6.60. The number of nitrogens with zero attached hydrogens (tertiary/aromatic N) is 2. The Morgan fingerprint density at radius 2 is 2.14 bits per heavy atom. The lowest BCUT2D eigenvalue weighted by Gasteiger charge is -2.19. The molecular formula is C14H31IN4O2S. The van der Waals surface area contributed by atoms with Gasteiger partial charge in [-0.05, 0) is 38.8 Å². The summed E-state index contributed by atoms with van der Waals surface area (Å²) < 4.78 is 22.3. The zero-order valence-corrected chi connectivity index (χ0v) is 17.3. The molecule has 1 saturated heterocycles. The summed E-state index contributed by atoms with van der Waals surface area (Å²) in [6.45, 7) is 8.52. The molecule has 0 aliphatic carbocycles. The van der Waals surface area contributed by atoms with Crippen molar-refractivity contribution < 1.29 is 8.42 Å². The quantitative estimate of drug-likeness (QED) is 0.346. The Morgan fingerprint density at radius 1 is 1.45 bits per heavy atom. The van der Waals surface area contributed by atoms with E-state index in [-0.39, 0.29) is 35.8 Å². The molecule has 1 heterocycles. The lowest BCUT2D eigenvalue weighted by atomic mass is 10.1. The van der Waals surface area contributed by atoms with Gasteiger partial charge in [0.1, 0.15) is 9.84 Å². The van der Waals surface area contributed by atoms with Crippen LogP contribution in [0.1, 0.15) is 26.7 Å². The van der Waals surface area contributed by atoms with Crippen molar-refractivity contribution >= 4 is 39.8 Å². The van der Waals surface area contributed by atoms with E-state index in [9.17, 15) is 8.42 Å². The van der Waals surface area contributed by atoms with Crippen molar-refractivity contribution in [2.75, 3.05) is 45.2 Å². The van der Waals surface area contributed by atoms with Gasteiger partial charge in [0.15, 0.2) is 5.96 Å². The van der Waals surface area contributed by atoms with E-state index in [1.54, 1.807) is 7.05 Å². The van der Waals surface area contributed by atoms with E-state index < -0.39 is 9.84 Å². The largest absolute Gasteiger partial charge is 0.356 e. The van der Waals surface area contributed by atoms with Gasteiger partial charge < -0.3 is 15.5 Å². The molecule has 0 aromatic carbocycles. The smallest absolute Gasteiger partial charge is 0.191 e. The maximum absolute atomic E-state index is 11.2. The summed E-state index contributed by atoms with van der Waals surface area (Å²) in [4.78, 5) is 6.66. The van der Waals surface area contributed by atoms with E-state index >= 15 is 0 Å². The van der Waals surface area contributed by atoms with Crippen LogP contribution in [0.4, 0.5) is 0 Å². The van der Waals surface area contributed by atoms with Crippen LogP contribution >= 0.6 is 24.0 Å². The van der Waals surface area contributed by atoms with Gasteiger partial charge in [0.2, 0.25) is 0 Å². The molecule has 0 bridgehead atoms. The van der Waals surface area contributed by atoms with Crippen LogP contribution in [-0.2, 0) is 9.84 Å². The van der Waals surface area contributed by atoms with Crippen LogP contribution in [0.15, 0.2) is 4.99 Å². The second-order valence-electron chi connectivity index (χ2n) is 5.96. The first kappa shape index (κ1) is 21.9. The number of nitrogens with one attached hydrogen (secondary N) is 2. The zero-order chi connectivity index (χ0) is 15.9. The Balaban J connectivity index is 0.00000441. The summed E-state index contributed by atoms with van der Waals surface area (Å²) in [6, 6.07) is 0.0849. The molecule has 0 radical (unpaired) electrons. The Kier molecular flexibility index (Phi) is 10.6. The van der Waals surface area contributed by atoms with Crippen LogP contribution in [0.2, 0.25) is 0 Å². The molecule has 0 aromatic heterocycles. The van der Waals surface area contributed by atoms with Crippen LogP contribution in [0.5, 0.6) is 0 Å². The SMILES string of the molecule is CCN1CCC(CNC(=NC)NC(C)CCS(C)(=O)=O)C1.I. The van der Waals surface area contributed by atoms with Crippen molar-refractivity contribution in [1.82, 2.24) is 15.5 Å². The van der Waals surface area contributed by atoms with E-state index in [4.69, 9.17) is 0 Å². The van der Waals surface area contributed by atoms with Crippen molar-refractivity contribution in [3.8, 4) is 0 Å². The van der Waals surface area contributed by atoms with E-state index in [0.717, 1.165) is 25.6 Å². The fraction of sp³-hybridized carbons (Fsp3) is 0.929. The van der Waals surface area contributed by atoms with Gasteiger partial charge in [-0.3, -0.25) is 4.99 Å². The maximum Gasteiger partial charge on any atom is 0.191 e. The average Bonchev–Trinajstić information content (AvgIpc) is 2.88. The topological polar surface area (TPSA) is 73.8 Å². The molecule has 22 heavy (non-hydrogen) atoms. The summed E-state index contributed by atoms with van der Waals surface area (Å²) in [7, 11) is -1.16. The Hall–Kier alpha value is -0.0900. The molecule has 1 aliphatic heterocycles. The van der Waals surface area contributed by atoms with E-state index in [1.807, 2.05) is 6.92 Å². The average molecular weight is 446 g/mol. The molecule has 2 unspecified atom stereocenters. The normalized spacial score (nSPS) is 21.3. The van der Waals surface area contributed by atoms with Gasteiger partial charge in [0.05, 0.1) is 5.75 Å². The number of rotatable bonds is 7. The molecule has 0 saturated carbocycles. The number of guanidine groups is 1. The van der Waals surface area contributed by atoms with Crippen LogP contribution in [0.3, 0.4) is 0 Å². The van der Waals surface area contributed by atoms with Gasteiger partial charge in [0.25, 0.3) is 0 Å². The first-order chi connectivity index (χ1) is 9.84. The monoisotopic (exact) mass is 446 g/mol. The van der Waals surface area contributed by atoms with Crippen molar-refractivity contribution in [3.05, 3.63) is 0 Å². The summed E-state index contributed by atoms with van der Waals surface area (Å²) >= 11 is 0. The van der Waals surface area contributed by atoms with Gasteiger partial charge in [-0.1, -0.05) is 6.92 Å². The van der Waals surface area contributed by atoms with Crippen LogP contribution in [0, 0.1) is 5.92 Å². The minimum absolute atomic E-state index is 0. The van der Waals surface area contributed by atoms with Crippen LogP contribution in [-0.4, -0.2) is 70.6 Å². The van der Waals surface area contributed by atoms with Gasteiger partial charge in [-0.2, -0.15) is 0 Å². The molecule has 2 atom stereocenters. The van der Waals surface area contributed by atoms with Crippen molar-refractivity contribution in [3.63, 3.8) is 0 Å². The molecule has 8 heteroatoms. The van der Waals surface area contributed by atoms with Gasteiger partial charge in [-0.15, -0.1) is 24.0 Å². The highest BCUT2D eigenvalue weighted by atomic mass is 127. The zero-order valence-electron chi connectivity index (χ0n) is 14.1. The minimum atomic E-state index is -2.90. The molecule has 0 amide bonds. The highest BCUT2D eigenvalue weighted by molar-refractivity contribution is 14.0. The number of hydrogen-bond donors (Lipinski definition) is 2. The number of hydrogen-bond acceptors (Lipinski definition) is 4. The molecule has 2 N–H and O–H groups in total. The third-order valence-electron chi connectivity index (χ3n) is 3.90. The second-order valence-corrected chi connectivity index (χ2v) is 8.22. The molecule has 6 nitrogen and oxygen atoms in total. The molecule has 0 aromatic rings. The van der Waals surface area contributed by atoms with Crippen molar-refractivity contribution in [1.29, 1.82) is 0 Å². The highest BCUT2D eigenvalue weighted by Crippen LogP contribution is 2.14. The van der Waals surface area contributed by atoms with Gasteiger partial charge >= 0.3 is 0 Å². The summed E-state index contributed by atoms with van der Waals surface area (Å²) in [5.74, 6) is 1.62. The van der Waals surface area contributed by atoms with Crippen molar-refractivity contribution in [2.45, 2.75) is 32.7 Å². The standard InChI is InChI=1S/C14H30N4O2S.HI/c1-5-18-8-6-13(11-18)10-16-14(15-3)17-12(2)7-9-21(4,19)20;/h12-13H,5-11H2,1-4H3,(H2,15,16,17);1H. The van der Waals surface area contributed by atoms with E-state index in [1.165, 1.54) is 19.2 Å². The Bertz CT molecular complexity index is 442. The third-order valence-corrected chi connectivity index (χ3v) is 4.88. The Morgan fingerprint density at radius 3 is 2.64 bits per heavy atom. The lowest BCUT2D eigenvalue weighted by molar-refractivity contribution is 0.341. The predicted octanol–water partition coefficient (Wildman–Crippen LogP) is 0.934. The lowest BCUT2D eigenvalue weighted by Crippen LogP contribution is -2.44. The van der Waals surface area contributed by atoms with E-state index in [0.29, 0.717) is 12.3 Å². The summed E-state index contributed by atoms with van der Waals surface area (Å²) in [6.07, 6.45) is 3.08. The van der Waals surface area contributed by atoms with Crippen LogP contribution < -0.4 is 10.6 Å². The predicted molar refractivity (Wildman–Crippen MR) is 104 cm³/mol. The fourth-order valence-electron chi connectivity index (χ4n) is 2.50. The molecule has 132 valence electrons. The maximum atomic E-state index is 11.2. The molecule has 1 fully saturated rings. The van der Waals surface area contributed by atoms with E-state index in [2.05, 4.69) is 27.4 Å². The third kappa shape index (κ3) is 9.14. The number of aliphatic imine (C=N–C) groups is 1. The highest BCUT2D eigenvalue weighted by Gasteiger charge is 2.21. The molecular weight excluding hydrogens is 415 g/mol. The van der Waals surface area contributed by atoms with Crippen LogP contribution in [0.25, 0.3) is 0 Å². The second kappa shape index (κ2) is 10.6.